The Hall–Kier alpha value is -1.39. The first-order chi connectivity index (χ1) is 7.67. The molecule has 0 amide bonds. The zero-order valence-corrected chi connectivity index (χ0v) is 9.39. The van der Waals surface area contributed by atoms with Gasteiger partial charge in [-0.2, -0.15) is 0 Å². The van der Waals surface area contributed by atoms with E-state index < -0.39 is 0 Å². The van der Waals surface area contributed by atoms with Crippen molar-refractivity contribution < 1.29 is 15.0 Å². The van der Waals surface area contributed by atoms with Crippen molar-refractivity contribution in [3.8, 4) is 5.75 Å². The highest BCUT2D eigenvalue weighted by molar-refractivity contribution is 5.97. The molecule has 4 heteroatoms. The summed E-state index contributed by atoms with van der Waals surface area (Å²) in [5.74, 6) is 0.148. The van der Waals surface area contributed by atoms with Crippen molar-refractivity contribution in [1.82, 2.24) is 4.90 Å². The third kappa shape index (κ3) is 3.64. The number of carbonyl (C=O) groups is 1. The molecule has 1 aromatic carbocycles. The Morgan fingerprint density at radius 2 is 1.94 bits per heavy atom. The fraction of sp³-hybridized carbons (Fsp3) is 0.417. The van der Waals surface area contributed by atoms with Crippen molar-refractivity contribution in [1.29, 1.82) is 0 Å². The maximum Gasteiger partial charge on any atom is 0.176 e. The first-order valence-corrected chi connectivity index (χ1v) is 5.32. The van der Waals surface area contributed by atoms with Crippen LogP contribution in [0, 0.1) is 0 Å². The van der Waals surface area contributed by atoms with Gasteiger partial charge in [-0.05, 0) is 30.8 Å². The van der Waals surface area contributed by atoms with Gasteiger partial charge in [0, 0.05) is 12.1 Å². The van der Waals surface area contributed by atoms with E-state index in [0.717, 1.165) is 6.54 Å². The highest BCUT2D eigenvalue weighted by atomic mass is 16.3. The maximum absolute atomic E-state index is 11.8. The lowest BCUT2D eigenvalue weighted by Crippen LogP contribution is -2.32. The van der Waals surface area contributed by atoms with Crippen LogP contribution in [0.1, 0.15) is 17.3 Å². The molecule has 0 saturated carbocycles. The molecule has 0 unspecified atom stereocenters. The quantitative estimate of drug-likeness (QED) is 0.703. The van der Waals surface area contributed by atoms with Gasteiger partial charge in [-0.3, -0.25) is 9.69 Å². The summed E-state index contributed by atoms with van der Waals surface area (Å²) < 4.78 is 0. The number of ketones is 1. The largest absolute Gasteiger partial charge is 0.508 e. The van der Waals surface area contributed by atoms with Crippen LogP contribution in [0.4, 0.5) is 0 Å². The van der Waals surface area contributed by atoms with Crippen LogP contribution in [0.15, 0.2) is 24.3 Å². The second-order valence-electron chi connectivity index (χ2n) is 3.56. The molecular formula is C12H17NO3. The van der Waals surface area contributed by atoms with Crippen molar-refractivity contribution in [2.24, 2.45) is 0 Å². The standard InChI is InChI=1S/C12H17NO3/c1-2-13(7-8-14)9-12(16)10-3-5-11(15)6-4-10/h3-6,14-15H,2,7-9H2,1H3. The SMILES string of the molecule is CCN(CCO)CC(=O)c1ccc(O)cc1. The molecule has 0 aromatic heterocycles. The summed E-state index contributed by atoms with van der Waals surface area (Å²) in [5.41, 5.74) is 0.578. The zero-order chi connectivity index (χ0) is 12.0. The van der Waals surface area contributed by atoms with Crippen LogP contribution in [-0.4, -0.2) is 47.1 Å². The number of Topliss-reactive ketones (excluding diaryl/α,β-unsaturated/α-hetero) is 1. The number of aromatic hydroxyl groups is 1. The number of nitrogens with zero attached hydrogens (tertiary/aromatic N) is 1. The Morgan fingerprint density at radius 1 is 1.31 bits per heavy atom. The van der Waals surface area contributed by atoms with Gasteiger partial charge >= 0.3 is 0 Å². The van der Waals surface area contributed by atoms with Crippen LogP contribution in [0.3, 0.4) is 0 Å². The van der Waals surface area contributed by atoms with Gasteiger partial charge in [0.25, 0.3) is 0 Å². The molecule has 4 nitrogen and oxygen atoms in total. The number of aliphatic hydroxyl groups excluding tert-OH is 1. The smallest absolute Gasteiger partial charge is 0.176 e. The summed E-state index contributed by atoms with van der Waals surface area (Å²) in [6.07, 6.45) is 0. The number of phenols is 1. The van der Waals surface area contributed by atoms with Gasteiger partial charge in [0.15, 0.2) is 5.78 Å². The van der Waals surface area contributed by atoms with Crippen molar-refractivity contribution >= 4 is 5.78 Å². The molecule has 0 saturated heterocycles. The van der Waals surface area contributed by atoms with E-state index in [-0.39, 0.29) is 18.1 Å². The van der Waals surface area contributed by atoms with E-state index in [9.17, 15) is 4.79 Å². The summed E-state index contributed by atoms with van der Waals surface area (Å²) in [4.78, 5) is 13.7. The summed E-state index contributed by atoms with van der Waals surface area (Å²) in [7, 11) is 0. The van der Waals surface area contributed by atoms with E-state index in [4.69, 9.17) is 10.2 Å². The minimum absolute atomic E-state index is 0.00435. The Morgan fingerprint density at radius 3 is 2.44 bits per heavy atom. The number of phenolic OH excluding ortho intramolecular Hbond substituents is 1. The molecule has 0 bridgehead atoms. The van der Waals surface area contributed by atoms with Crippen LogP contribution in [-0.2, 0) is 0 Å². The first kappa shape index (κ1) is 12.7. The molecule has 0 aliphatic carbocycles. The average molecular weight is 223 g/mol. The lowest BCUT2D eigenvalue weighted by atomic mass is 10.1. The van der Waals surface area contributed by atoms with Gasteiger partial charge in [0.2, 0.25) is 0 Å². The fourth-order valence-corrected chi connectivity index (χ4v) is 1.43. The van der Waals surface area contributed by atoms with Gasteiger partial charge < -0.3 is 10.2 Å². The Bertz CT molecular complexity index is 335. The molecule has 1 rings (SSSR count). The maximum atomic E-state index is 11.8. The Kier molecular flexibility index (Phi) is 4.95. The first-order valence-electron chi connectivity index (χ1n) is 5.32. The Balaban J connectivity index is 2.60. The van der Waals surface area contributed by atoms with E-state index in [1.165, 1.54) is 12.1 Å². The zero-order valence-electron chi connectivity index (χ0n) is 9.39. The van der Waals surface area contributed by atoms with Gasteiger partial charge in [-0.1, -0.05) is 6.92 Å². The minimum Gasteiger partial charge on any atom is -0.508 e. The number of carbonyl (C=O) groups excluding carboxylic acids is 1. The molecule has 2 N–H and O–H groups in total. The monoisotopic (exact) mass is 223 g/mol. The van der Waals surface area contributed by atoms with Crippen LogP contribution in [0.5, 0.6) is 5.75 Å². The van der Waals surface area contributed by atoms with Gasteiger partial charge in [0.05, 0.1) is 13.2 Å². The topological polar surface area (TPSA) is 60.8 Å². The van der Waals surface area contributed by atoms with Crippen LogP contribution >= 0.6 is 0 Å². The molecular weight excluding hydrogens is 206 g/mol. The number of hydrogen-bond donors (Lipinski definition) is 2. The second kappa shape index (κ2) is 6.25. The molecule has 0 fully saturated rings. The average Bonchev–Trinajstić information content (AvgIpc) is 2.29. The van der Waals surface area contributed by atoms with E-state index in [1.54, 1.807) is 12.1 Å². The molecule has 0 heterocycles. The van der Waals surface area contributed by atoms with Crippen molar-refractivity contribution in [3.63, 3.8) is 0 Å². The lowest BCUT2D eigenvalue weighted by molar-refractivity contribution is 0.0919. The normalized spacial score (nSPS) is 10.7. The summed E-state index contributed by atoms with van der Waals surface area (Å²) in [6, 6.07) is 6.19. The number of rotatable bonds is 6. The molecule has 0 spiro atoms. The molecule has 1 aromatic rings. The Labute approximate surface area is 95.1 Å². The predicted octanol–water partition coefficient (Wildman–Crippen LogP) is 0.889. The van der Waals surface area contributed by atoms with Crippen LogP contribution in [0.2, 0.25) is 0 Å². The molecule has 0 aliphatic rings. The second-order valence-corrected chi connectivity index (χ2v) is 3.56. The van der Waals surface area contributed by atoms with Crippen molar-refractivity contribution in [2.45, 2.75) is 6.92 Å². The third-order valence-corrected chi connectivity index (χ3v) is 2.42. The van der Waals surface area contributed by atoms with Gasteiger partial charge in [-0.15, -0.1) is 0 Å². The van der Waals surface area contributed by atoms with E-state index in [1.807, 2.05) is 11.8 Å². The molecule has 16 heavy (non-hydrogen) atoms. The highest BCUT2D eigenvalue weighted by Crippen LogP contribution is 2.10. The summed E-state index contributed by atoms with van der Waals surface area (Å²) in [6.45, 7) is 3.52. The number of hydrogen-bond acceptors (Lipinski definition) is 4. The van der Waals surface area contributed by atoms with Crippen LogP contribution in [0.25, 0.3) is 0 Å². The number of likely N-dealkylation sites (N-methyl/N-ethyl adjacent to an activating group) is 1. The van der Waals surface area contributed by atoms with Gasteiger partial charge in [-0.25, -0.2) is 0 Å². The van der Waals surface area contributed by atoms with Crippen molar-refractivity contribution in [2.75, 3.05) is 26.2 Å². The molecule has 0 atom stereocenters. The van der Waals surface area contributed by atoms with E-state index >= 15 is 0 Å². The number of benzene rings is 1. The molecule has 0 aliphatic heterocycles. The third-order valence-electron chi connectivity index (χ3n) is 2.42. The van der Waals surface area contributed by atoms with E-state index in [0.29, 0.717) is 18.7 Å². The molecule has 0 radical (unpaired) electrons. The fourth-order valence-electron chi connectivity index (χ4n) is 1.43. The van der Waals surface area contributed by atoms with Crippen molar-refractivity contribution in [3.05, 3.63) is 29.8 Å². The lowest BCUT2D eigenvalue weighted by Gasteiger charge is -2.17. The number of aliphatic hydroxyl groups is 1. The summed E-state index contributed by atoms with van der Waals surface area (Å²) in [5, 5.41) is 17.9. The predicted molar refractivity (Wildman–Crippen MR) is 61.6 cm³/mol. The summed E-state index contributed by atoms with van der Waals surface area (Å²) >= 11 is 0. The highest BCUT2D eigenvalue weighted by Gasteiger charge is 2.10. The molecule has 88 valence electrons. The van der Waals surface area contributed by atoms with Gasteiger partial charge in [0.1, 0.15) is 5.75 Å². The minimum atomic E-state index is -0.00435. The van der Waals surface area contributed by atoms with Crippen LogP contribution < -0.4 is 0 Å². The van der Waals surface area contributed by atoms with E-state index in [2.05, 4.69) is 0 Å².